The van der Waals surface area contributed by atoms with E-state index in [-0.39, 0.29) is 0 Å². The van der Waals surface area contributed by atoms with Gasteiger partial charge in [0.05, 0.1) is 27.0 Å². The van der Waals surface area contributed by atoms with Crippen molar-refractivity contribution in [2.45, 2.75) is 19.9 Å². The fraction of sp³-hybridized carbons (Fsp3) is 0.474. The summed E-state index contributed by atoms with van der Waals surface area (Å²) in [5.74, 6) is 2.39. The average Bonchev–Trinajstić information content (AvgIpc) is 3.08. The van der Waals surface area contributed by atoms with E-state index in [4.69, 9.17) is 14.5 Å². The van der Waals surface area contributed by atoms with Gasteiger partial charge in [-0.2, -0.15) is 5.10 Å². The van der Waals surface area contributed by atoms with E-state index in [0.717, 1.165) is 42.5 Å². The molecule has 0 atom stereocenters. The van der Waals surface area contributed by atoms with Crippen molar-refractivity contribution < 1.29 is 9.47 Å². The van der Waals surface area contributed by atoms with E-state index in [0.29, 0.717) is 6.54 Å². The molecule has 0 aliphatic carbocycles. The minimum absolute atomic E-state index is 0.608. The van der Waals surface area contributed by atoms with Crippen molar-refractivity contribution in [2.24, 2.45) is 12.0 Å². The van der Waals surface area contributed by atoms with Gasteiger partial charge in [-0.1, -0.05) is 6.07 Å². The van der Waals surface area contributed by atoms with E-state index < -0.39 is 0 Å². The number of hydrogen-bond donors (Lipinski definition) is 1. The number of nitrogens with one attached hydrogen (secondary N) is 1. The molecule has 0 radical (unpaired) electrons. The predicted molar refractivity (Wildman–Crippen MR) is 104 cm³/mol. The van der Waals surface area contributed by atoms with Crippen molar-refractivity contribution >= 4 is 5.96 Å². The lowest BCUT2D eigenvalue weighted by Gasteiger charge is -2.22. The molecule has 26 heavy (non-hydrogen) atoms. The van der Waals surface area contributed by atoms with E-state index in [1.54, 1.807) is 18.9 Å². The number of likely N-dealkylation sites (N-methyl/N-ethyl adjacent to an activating group) is 1. The first-order valence-electron chi connectivity index (χ1n) is 8.75. The van der Waals surface area contributed by atoms with Gasteiger partial charge < -0.3 is 19.7 Å². The Bertz CT molecular complexity index is 726. The van der Waals surface area contributed by atoms with Crippen molar-refractivity contribution in [3.05, 3.63) is 41.7 Å². The molecule has 0 aliphatic rings. The Labute approximate surface area is 155 Å². The number of rotatable bonds is 8. The number of aryl methyl sites for hydroxylation is 1. The molecule has 0 aliphatic heterocycles. The van der Waals surface area contributed by atoms with Crippen LogP contribution in [0.2, 0.25) is 0 Å². The molecule has 0 amide bonds. The van der Waals surface area contributed by atoms with Gasteiger partial charge in [0, 0.05) is 38.9 Å². The molecule has 7 nitrogen and oxygen atoms in total. The first kappa shape index (κ1) is 19.6. The van der Waals surface area contributed by atoms with Crippen LogP contribution in [0, 0.1) is 0 Å². The van der Waals surface area contributed by atoms with E-state index in [1.165, 1.54) is 5.56 Å². The molecule has 1 aromatic carbocycles. The second kappa shape index (κ2) is 9.70. The van der Waals surface area contributed by atoms with Crippen LogP contribution in [0.4, 0.5) is 0 Å². The summed E-state index contributed by atoms with van der Waals surface area (Å²) < 4.78 is 12.5. The van der Waals surface area contributed by atoms with Gasteiger partial charge >= 0.3 is 0 Å². The largest absolute Gasteiger partial charge is 0.493 e. The fourth-order valence-electron chi connectivity index (χ4n) is 2.63. The topological polar surface area (TPSA) is 63.9 Å². The zero-order valence-electron chi connectivity index (χ0n) is 16.3. The van der Waals surface area contributed by atoms with Crippen LogP contribution in [0.3, 0.4) is 0 Å². The Balaban J connectivity index is 1.99. The molecule has 1 aromatic heterocycles. The van der Waals surface area contributed by atoms with Crippen LogP contribution in [0.15, 0.2) is 35.6 Å². The van der Waals surface area contributed by atoms with Crippen LogP contribution in [-0.4, -0.2) is 55.0 Å². The molecule has 7 heteroatoms. The van der Waals surface area contributed by atoms with Crippen molar-refractivity contribution in [3.8, 4) is 11.5 Å². The third-order valence-corrected chi connectivity index (χ3v) is 4.05. The van der Waals surface area contributed by atoms with Gasteiger partial charge in [-0.25, -0.2) is 4.99 Å². The standard InChI is InChI=1S/C19H29N5O2/c1-6-20-19(21-12-16-13-22-24(3)14-16)23(2)10-9-15-7-8-17(25-4)18(11-15)26-5/h7-8,11,13-14H,6,9-10,12H2,1-5H3,(H,20,21). The van der Waals surface area contributed by atoms with Gasteiger partial charge in [0.1, 0.15) is 0 Å². The molecule has 0 saturated heterocycles. The summed E-state index contributed by atoms with van der Waals surface area (Å²) in [5, 5.41) is 7.52. The lowest BCUT2D eigenvalue weighted by Crippen LogP contribution is -2.39. The summed E-state index contributed by atoms with van der Waals surface area (Å²) in [6.45, 7) is 4.35. The molecule has 1 N–H and O–H groups in total. The van der Waals surface area contributed by atoms with Crippen molar-refractivity contribution in [2.75, 3.05) is 34.4 Å². The highest BCUT2D eigenvalue weighted by Gasteiger charge is 2.09. The first-order valence-corrected chi connectivity index (χ1v) is 8.75. The van der Waals surface area contributed by atoms with Crippen molar-refractivity contribution in [1.29, 1.82) is 0 Å². The van der Waals surface area contributed by atoms with E-state index >= 15 is 0 Å². The zero-order chi connectivity index (χ0) is 18.9. The van der Waals surface area contributed by atoms with Crippen LogP contribution in [0.5, 0.6) is 11.5 Å². The summed E-state index contributed by atoms with van der Waals surface area (Å²) in [7, 11) is 7.26. The fourth-order valence-corrected chi connectivity index (χ4v) is 2.63. The smallest absolute Gasteiger partial charge is 0.193 e. The maximum absolute atomic E-state index is 5.38. The highest BCUT2D eigenvalue weighted by atomic mass is 16.5. The maximum Gasteiger partial charge on any atom is 0.193 e. The quantitative estimate of drug-likeness (QED) is 0.577. The van der Waals surface area contributed by atoms with Crippen LogP contribution >= 0.6 is 0 Å². The third kappa shape index (κ3) is 5.40. The van der Waals surface area contributed by atoms with E-state index in [9.17, 15) is 0 Å². The number of aromatic nitrogens is 2. The van der Waals surface area contributed by atoms with E-state index in [1.807, 2.05) is 38.6 Å². The van der Waals surface area contributed by atoms with E-state index in [2.05, 4.69) is 28.3 Å². The van der Waals surface area contributed by atoms with Crippen molar-refractivity contribution in [3.63, 3.8) is 0 Å². The maximum atomic E-state index is 5.38. The minimum atomic E-state index is 0.608. The second-order valence-corrected chi connectivity index (χ2v) is 6.05. The number of aliphatic imine (C=N–C) groups is 1. The van der Waals surface area contributed by atoms with Crippen LogP contribution in [-0.2, 0) is 20.0 Å². The number of ether oxygens (including phenoxy) is 2. The second-order valence-electron chi connectivity index (χ2n) is 6.05. The molecule has 0 fully saturated rings. The lowest BCUT2D eigenvalue weighted by atomic mass is 10.1. The molecule has 0 spiro atoms. The Hall–Kier alpha value is -2.70. The Morgan fingerprint density at radius 1 is 1.23 bits per heavy atom. The molecule has 2 aromatic rings. The highest BCUT2D eigenvalue weighted by molar-refractivity contribution is 5.79. The van der Waals surface area contributed by atoms with Crippen molar-refractivity contribution in [1.82, 2.24) is 20.0 Å². The van der Waals surface area contributed by atoms with Gasteiger partial charge in [0.2, 0.25) is 0 Å². The molecule has 1 heterocycles. The molecule has 0 bridgehead atoms. The Morgan fingerprint density at radius 3 is 2.62 bits per heavy atom. The zero-order valence-corrected chi connectivity index (χ0v) is 16.3. The van der Waals surface area contributed by atoms with Gasteiger partial charge in [0.15, 0.2) is 17.5 Å². The number of hydrogen-bond acceptors (Lipinski definition) is 4. The summed E-state index contributed by atoms with van der Waals surface area (Å²) in [5.41, 5.74) is 2.29. The highest BCUT2D eigenvalue weighted by Crippen LogP contribution is 2.27. The Morgan fingerprint density at radius 2 is 2.00 bits per heavy atom. The monoisotopic (exact) mass is 359 g/mol. The van der Waals surface area contributed by atoms with Gasteiger partial charge in [-0.15, -0.1) is 0 Å². The predicted octanol–water partition coefficient (Wildman–Crippen LogP) is 2.08. The molecule has 0 saturated carbocycles. The number of nitrogens with zero attached hydrogens (tertiary/aromatic N) is 4. The summed E-state index contributed by atoms with van der Waals surface area (Å²) in [6, 6.07) is 6.02. The molecule has 0 unspecified atom stereocenters. The summed E-state index contributed by atoms with van der Waals surface area (Å²) in [4.78, 5) is 6.84. The van der Waals surface area contributed by atoms with Crippen LogP contribution in [0.1, 0.15) is 18.1 Å². The van der Waals surface area contributed by atoms with Gasteiger partial charge in [-0.05, 0) is 31.0 Å². The summed E-state index contributed by atoms with van der Waals surface area (Å²) >= 11 is 0. The third-order valence-electron chi connectivity index (χ3n) is 4.05. The molecular weight excluding hydrogens is 330 g/mol. The lowest BCUT2D eigenvalue weighted by molar-refractivity contribution is 0.354. The SMILES string of the molecule is CCNC(=NCc1cnn(C)c1)N(C)CCc1ccc(OC)c(OC)c1. The summed E-state index contributed by atoms with van der Waals surface area (Å²) in [6.07, 6.45) is 4.71. The molecule has 142 valence electrons. The first-order chi connectivity index (χ1) is 12.6. The van der Waals surface area contributed by atoms with Crippen LogP contribution < -0.4 is 14.8 Å². The molecule has 2 rings (SSSR count). The molecular formula is C19H29N5O2. The number of guanidine groups is 1. The number of benzene rings is 1. The average molecular weight is 359 g/mol. The Kier molecular flexibility index (Phi) is 7.32. The van der Waals surface area contributed by atoms with Gasteiger partial charge in [0.25, 0.3) is 0 Å². The number of methoxy groups -OCH3 is 2. The normalized spacial score (nSPS) is 11.3. The van der Waals surface area contributed by atoms with Crippen LogP contribution in [0.25, 0.3) is 0 Å². The van der Waals surface area contributed by atoms with Gasteiger partial charge in [-0.3, -0.25) is 4.68 Å². The minimum Gasteiger partial charge on any atom is -0.493 e.